The van der Waals surface area contributed by atoms with Gasteiger partial charge in [-0.1, -0.05) is 41.1 Å². The van der Waals surface area contributed by atoms with E-state index in [1.54, 1.807) is 42.7 Å². The van der Waals surface area contributed by atoms with E-state index in [9.17, 15) is 9.59 Å². The summed E-state index contributed by atoms with van der Waals surface area (Å²) in [6.45, 7) is 9.92. The van der Waals surface area contributed by atoms with Crippen LogP contribution < -0.4 is 24.4 Å². The number of hydrogen-bond donors (Lipinski definition) is 0. The molecule has 0 saturated heterocycles. The molecular weight excluding hydrogens is 512 g/mol. The van der Waals surface area contributed by atoms with E-state index in [0.29, 0.717) is 54.9 Å². The first-order valence-corrected chi connectivity index (χ1v) is 13.3. The number of thiazole rings is 1. The van der Waals surface area contributed by atoms with Crippen molar-refractivity contribution in [3.8, 4) is 11.5 Å². The third kappa shape index (κ3) is 5.50. The standard InChI is InChI=1S/C28H29ClN2O5S/c1-6-34-21-13-12-19(29)14-18(21)15-23-26(32)31-25(20-10-8-9-11-22(20)36-16(3)4)24(27(33)35-7-2)17(5)30-28(31)37-23/h8-16,25H,6-7H2,1-5H3/b23-15-/t25-/m1/s1. The van der Waals surface area contributed by atoms with E-state index in [2.05, 4.69) is 4.99 Å². The topological polar surface area (TPSA) is 79.1 Å². The summed E-state index contributed by atoms with van der Waals surface area (Å²) in [5.41, 5.74) is 1.87. The highest BCUT2D eigenvalue weighted by Gasteiger charge is 2.35. The van der Waals surface area contributed by atoms with Crippen LogP contribution in [0.5, 0.6) is 11.5 Å². The molecule has 0 fully saturated rings. The van der Waals surface area contributed by atoms with Crippen molar-refractivity contribution >= 4 is 35.0 Å². The molecule has 3 aromatic rings. The van der Waals surface area contributed by atoms with Gasteiger partial charge in [-0.3, -0.25) is 9.36 Å². The van der Waals surface area contributed by atoms with Crippen LogP contribution in [-0.4, -0.2) is 29.9 Å². The first-order chi connectivity index (χ1) is 17.7. The van der Waals surface area contributed by atoms with Gasteiger partial charge >= 0.3 is 5.97 Å². The van der Waals surface area contributed by atoms with Crippen LogP contribution in [-0.2, 0) is 9.53 Å². The van der Waals surface area contributed by atoms with Gasteiger partial charge in [0.25, 0.3) is 5.56 Å². The summed E-state index contributed by atoms with van der Waals surface area (Å²) in [7, 11) is 0. The fourth-order valence-electron chi connectivity index (χ4n) is 4.21. The van der Waals surface area contributed by atoms with Crippen molar-refractivity contribution < 1.29 is 19.0 Å². The molecule has 0 N–H and O–H groups in total. The maximum absolute atomic E-state index is 13.9. The summed E-state index contributed by atoms with van der Waals surface area (Å²) in [5.74, 6) is 0.686. The second-order valence-corrected chi connectivity index (χ2v) is 10.1. The molecule has 2 heterocycles. The molecule has 0 unspecified atom stereocenters. The number of allylic oxidation sites excluding steroid dienone is 1. The predicted molar refractivity (Wildman–Crippen MR) is 145 cm³/mol. The van der Waals surface area contributed by atoms with Crippen molar-refractivity contribution in [2.75, 3.05) is 13.2 Å². The Morgan fingerprint density at radius 3 is 2.62 bits per heavy atom. The molecule has 0 spiro atoms. The van der Waals surface area contributed by atoms with Gasteiger partial charge in [0.05, 0.1) is 35.1 Å². The van der Waals surface area contributed by atoms with Gasteiger partial charge in [-0.2, -0.15) is 0 Å². The van der Waals surface area contributed by atoms with Gasteiger partial charge in [-0.15, -0.1) is 0 Å². The lowest BCUT2D eigenvalue weighted by molar-refractivity contribution is -0.139. The zero-order valence-electron chi connectivity index (χ0n) is 21.4. The predicted octanol–water partition coefficient (Wildman–Crippen LogP) is 4.64. The van der Waals surface area contributed by atoms with Gasteiger partial charge < -0.3 is 14.2 Å². The van der Waals surface area contributed by atoms with Gasteiger partial charge in [0, 0.05) is 16.1 Å². The van der Waals surface area contributed by atoms with Crippen LogP contribution in [0, 0.1) is 0 Å². The van der Waals surface area contributed by atoms with E-state index in [-0.39, 0.29) is 18.3 Å². The van der Waals surface area contributed by atoms with Crippen LogP contribution in [0.1, 0.15) is 51.8 Å². The molecule has 1 aromatic heterocycles. The second-order valence-electron chi connectivity index (χ2n) is 8.62. The molecule has 194 valence electrons. The van der Waals surface area contributed by atoms with Crippen LogP contribution in [0.2, 0.25) is 5.02 Å². The quantitative estimate of drug-likeness (QED) is 0.389. The number of carbonyl (C=O) groups excluding carboxylic acids is 1. The molecule has 7 nitrogen and oxygen atoms in total. The lowest BCUT2D eigenvalue weighted by atomic mass is 9.95. The van der Waals surface area contributed by atoms with Crippen LogP contribution in [0.3, 0.4) is 0 Å². The van der Waals surface area contributed by atoms with Gasteiger partial charge in [0.1, 0.15) is 17.5 Å². The molecule has 0 radical (unpaired) electrons. The Balaban J connectivity index is 1.99. The Morgan fingerprint density at radius 1 is 1.16 bits per heavy atom. The molecule has 0 amide bonds. The normalized spacial score (nSPS) is 15.4. The van der Waals surface area contributed by atoms with Gasteiger partial charge in [0.15, 0.2) is 4.80 Å². The molecule has 4 rings (SSSR count). The number of aromatic nitrogens is 1. The van der Waals surface area contributed by atoms with E-state index in [1.807, 2.05) is 45.0 Å². The largest absolute Gasteiger partial charge is 0.493 e. The molecule has 1 atom stereocenters. The number of halogens is 1. The molecule has 0 aliphatic carbocycles. The highest BCUT2D eigenvalue weighted by atomic mass is 35.5. The zero-order chi connectivity index (χ0) is 26.7. The molecule has 0 bridgehead atoms. The summed E-state index contributed by atoms with van der Waals surface area (Å²) in [4.78, 5) is 32.2. The van der Waals surface area contributed by atoms with Crippen molar-refractivity contribution in [1.29, 1.82) is 0 Å². The second kappa shape index (κ2) is 11.4. The average molecular weight is 541 g/mol. The lowest BCUT2D eigenvalue weighted by Crippen LogP contribution is -2.40. The molecule has 37 heavy (non-hydrogen) atoms. The minimum Gasteiger partial charge on any atom is -0.493 e. The highest BCUT2D eigenvalue weighted by molar-refractivity contribution is 7.07. The monoisotopic (exact) mass is 540 g/mol. The van der Waals surface area contributed by atoms with Gasteiger partial charge in [-0.25, -0.2) is 9.79 Å². The molecule has 9 heteroatoms. The number of para-hydroxylation sites is 1. The summed E-state index contributed by atoms with van der Waals surface area (Å²) in [5, 5.41) is 0.528. The van der Waals surface area contributed by atoms with Gasteiger partial charge in [-0.05, 0) is 65.0 Å². The molecule has 1 aliphatic rings. The van der Waals surface area contributed by atoms with Crippen molar-refractivity contribution in [3.05, 3.63) is 89.6 Å². The summed E-state index contributed by atoms with van der Waals surface area (Å²) in [6, 6.07) is 11.9. The smallest absolute Gasteiger partial charge is 0.338 e. The number of esters is 1. The number of ether oxygens (including phenoxy) is 3. The minimum absolute atomic E-state index is 0.104. The third-order valence-corrected chi connectivity index (χ3v) is 6.87. The number of hydrogen-bond acceptors (Lipinski definition) is 7. The molecular formula is C28H29ClN2O5S. The number of fused-ring (bicyclic) bond motifs is 1. The summed E-state index contributed by atoms with van der Waals surface area (Å²) in [6.07, 6.45) is 1.64. The van der Waals surface area contributed by atoms with Crippen LogP contribution >= 0.6 is 22.9 Å². The fourth-order valence-corrected chi connectivity index (χ4v) is 5.43. The lowest BCUT2D eigenvalue weighted by Gasteiger charge is -2.26. The Hall–Kier alpha value is -3.36. The summed E-state index contributed by atoms with van der Waals surface area (Å²) >= 11 is 7.48. The number of nitrogens with zero attached hydrogens (tertiary/aromatic N) is 2. The number of carbonyl (C=O) groups is 1. The van der Waals surface area contributed by atoms with Crippen molar-refractivity contribution in [3.63, 3.8) is 0 Å². The summed E-state index contributed by atoms with van der Waals surface area (Å²) < 4.78 is 19.2. The Morgan fingerprint density at radius 2 is 1.92 bits per heavy atom. The molecule has 2 aromatic carbocycles. The van der Waals surface area contributed by atoms with Crippen molar-refractivity contribution in [1.82, 2.24) is 4.57 Å². The SMILES string of the molecule is CCOC(=O)C1=C(C)N=c2s/c(=C\c3cc(Cl)ccc3OCC)c(=O)n2[C@@H]1c1ccccc1OC(C)C. The van der Waals surface area contributed by atoms with E-state index in [1.165, 1.54) is 11.3 Å². The van der Waals surface area contributed by atoms with Crippen molar-refractivity contribution in [2.24, 2.45) is 4.99 Å². The Kier molecular flexibility index (Phi) is 8.19. The fraction of sp³-hybridized carbons (Fsp3) is 0.321. The van der Waals surface area contributed by atoms with Crippen LogP contribution in [0.25, 0.3) is 6.08 Å². The van der Waals surface area contributed by atoms with E-state index < -0.39 is 12.0 Å². The number of rotatable bonds is 8. The maximum Gasteiger partial charge on any atom is 0.338 e. The zero-order valence-corrected chi connectivity index (χ0v) is 23.0. The highest BCUT2D eigenvalue weighted by Crippen LogP contribution is 2.36. The van der Waals surface area contributed by atoms with Crippen molar-refractivity contribution in [2.45, 2.75) is 46.8 Å². The number of benzene rings is 2. The van der Waals surface area contributed by atoms with E-state index in [0.717, 1.165) is 0 Å². The Labute approximate surface area is 224 Å². The van der Waals surface area contributed by atoms with E-state index >= 15 is 0 Å². The minimum atomic E-state index is -0.766. The van der Waals surface area contributed by atoms with E-state index in [4.69, 9.17) is 25.8 Å². The molecule has 0 saturated carbocycles. The van der Waals surface area contributed by atoms with Gasteiger partial charge in [0.2, 0.25) is 0 Å². The average Bonchev–Trinajstić information content (AvgIpc) is 3.14. The van der Waals surface area contributed by atoms with Crippen LogP contribution in [0.4, 0.5) is 0 Å². The Bertz CT molecular complexity index is 1540. The van der Waals surface area contributed by atoms with Crippen LogP contribution in [0.15, 0.2) is 63.5 Å². The first kappa shape index (κ1) is 26.7. The maximum atomic E-state index is 13.9. The third-order valence-electron chi connectivity index (χ3n) is 5.65. The molecule has 1 aliphatic heterocycles. The first-order valence-electron chi connectivity index (χ1n) is 12.1.